The highest BCUT2D eigenvalue weighted by Crippen LogP contribution is 2.36. The van der Waals surface area contributed by atoms with Gasteiger partial charge in [0.05, 0.1) is 28.4 Å². The van der Waals surface area contributed by atoms with Gasteiger partial charge in [-0.2, -0.15) is 13.2 Å². The van der Waals surface area contributed by atoms with E-state index in [-0.39, 0.29) is 24.4 Å². The van der Waals surface area contributed by atoms with Crippen molar-refractivity contribution in [1.29, 1.82) is 5.41 Å². The number of benzene rings is 1. The summed E-state index contributed by atoms with van der Waals surface area (Å²) in [5, 5.41) is 7.30. The van der Waals surface area contributed by atoms with Gasteiger partial charge in [-0.05, 0) is 31.1 Å². The molecule has 0 spiro atoms. The zero-order chi connectivity index (χ0) is 17.4. The number of carbonyl (C=O) groups excluding carboxylic acids is 1. The maximum Gasteiger partial charge on any atom is 0.417 e. The smallest absolute Gasteiger partial charge is 0.402 e. The van der Waals surface area contributed by atoms with Gasteiger partial charge in [0.15, 0.2) is 0 Å². The van der Waals surface area contributed by atoms with Crippen LogP contribution >= 0.6 is 11.6 Å². The number of halogens is 4. The summed E-state index contributed by atoms with van der Waals surface area (Å²) in [6.45, 7) is 1.94. The average molecular weight is 346 g/mol. The lowest BCUT2D eigenvalue weighted by Crippen LogP contribution is -2.41. The molecule has 1 saturated heterocycles. The molecular formula is C15H15ClF3N3O. The SMILES string of the molecule is CC(N)=C1CCN(C(=O)c2cccc(C(F)(F)F)c2Cl)CC1=N. The predicted octanol–water partition coefficient (Wildman–Crippen LogP) is 3.46. The summed E-state index contributed by atoms with van der Waals surface area (Å²) >= 11 is 5.77. The second kappa shape index (κ2) is 6.23. The zero-order valence-corrected chi connectivity index (χ0v) is 13.1. The molecule has 1 aromatic carbocycles. The molecule has 2 rings (SSSR count). The molecule has 1 aliphatic rings. The van der Waals surface area contributed by atoms with Crippen LogP contribution in [0.15, 0.2) is 29.5 Å². The molecule has 0 saturated carbocycles. The van der Waals surface area contributed by atoms with Gasteiger partial charge in [-0.15, -0.1) is 0 Å². The molecule has 1 fully saturated rings. The molecule has 1 heterocycles. The van der Waals surface area contributed by atoms with Gasteiger partial charge in [-0.1, -0.05) is 17.7 Å². The van der Waals surface area contributed by atoms with E-state index in [0.717, 1.165) is 12.1 Å². The van der Waals surface area contributed by atoms with Crippen LogP contribution in [0.25, 0.3) is 0 Å². The summed E-state index contributed by atoms with van der Waals surface area (Å²) in [5.74, 6) is -0.625. The lowest BCUT2D eigenvalue weighted by atomic mass is 9.99. The lowest BCUT2D eigenvalue weighted by Gasteiger charge is -2.30. The highest BCUT2D eigenvalue weighted by Gasteiger charge is 2.35. The third-order valence-electron chi connectivity index (χ3n) is 3.64. The Labute approximate surface area is 136 Å². The van der Waals surface area contributed by atoms with Gasteiger partial charge in [-0.25, -0.2) is 0 Å². The predicted molar refractivity (Wildman–Crippen MR) is 81.6 cm³/mol. The van der Waals surface area contributed by atoms with E-state index in [9.17, 15) is 18.0 Å². The number of nitrogens with zero attached hydrogens (tertiary/aromatic N) is 1. The van der Waals surface area contributed by atoms with Gasteiger partial charge >= 0.3 is 6.18 Å². The first-order valence-electron chi connectivity index (χ1n) is 6.81. The van der Waals surface area contributed by atoms with Crippen molar-refractivity contribution < 1.29 is 18.0 Å². The third kappa shape index (κ3) is 3.50. The van der Waals surface area contributed by atoms with Crippen molar-refractivity contribution in [3.63, 3.8) is 0 Å². The number of amides is 1. The Morgan fingerprint density at radius 2 is 2.04 bits per heavy atom. The molecule has 0 aromatic heterocycles. The van der Waals surface area contributed by atoms with Crippen molar-refractivity contribution in [1.82, 2.24) is 4.90 Å². The van der Waals surface area contributed by atoms with Crippen LogP contribution in [-0.2, 0) is 6.18 Å². The van der Waals surface area contributed by atoms with E-state index in [1.807, 2.05) is 0 Å². The number of hydrogen-bond acceptors (Lipinski definition) is 3. The molecule has 0 unspecified atom stereocenters. The summed E-state index contributed by atoms with van der Waals surface area (Å²) in [6, 6.07) is 3.23. The molecular weight excluding hydrogens is 331 g/mol. The van der Waals surface area contributed by atoms with Gasteiger partial charge in [0.25, 0.3) is 5.91 Å². The molecule has 4 nitrogen and oxygen atoms in total. The largest absolute Gasteiger partial charge is 0.417 e. The Bertz CT molecular complexity index is 694. The van der Waals surface area contributed by atoms with Crippen LogP contribution in [0.2, 0.25) is 5.02 Å². The number of allylic oxidation sites excluding steroid dienone is 1. The molecule has 124 valence electrons. The van der Waals surface area contributed by atoms with Crippen molar-refractivity contribution in [2.75, 3.05) is 13.1 Å². The minimum absolute atomic E-state index is 0.00468. The fourth-order valence-corrected chi connectivity index (χ4v) is 2.77. The molecule has 0 bridgehead atoms. The monoisotopic (exact) mass is 345 g/mol. The minimum Gasteiger partial charge on any atom is -0.402 e. The fourth-order valence-electron chi connectivity index (χ4n) is 2.46. The van der Waals surface area contributed by atoms with Crippen LogP contribution in [0.3, 0.4) is 0 Å². The van der Waals surface area contributed by atoms with E-state index >= 15 is 0 Å². The summed E-state index contributed by atoms with van der Waals surface area (Å²) in [7, 11) is 0. The van der Waals surface area contributed by atoms with Gasteiger partial charge < -0.3 is 16.0 Å². The lowest BCUT2D eigenvalue weighted by molar-refractivity contribution is -0.137. The molecule has 0 aliphatic carbocycles. The Morgan fingerprint density at radius 1 is 1.39 bits per heavy atom. The Morgan fingerprint density at radius 3 is 2.57 bits per heavy atom. The van der Waals surface area contributed by atoms with Crippen molar-refractivity contribution in [2.24, 2.45) is 5.73 Å². The van der Waals surface area contributed by atoms with Crippen LogP contribution in [0, 0.1) is 5.41 Å². The van der Waals surface area contributed by atoms with Crippen molar-refractivity contribution >= 4 is 23.2 Å². The fraction of sp³-hybridized carbons (Fsp3) is 0.333. The van der Waals surface area contributed by atoms with Gasteiger partial charge in [-0.3, -0.25) is 4.79 Å². The van der Waals surface area contributed by atoms with E-state index in [2.05, 4.69) is 0 Å². The van der Waals surface area contributed by atoms with Crippen molar-refractivity contribution in [3.05, 3.63) is 45.6 Å². The number of carbonyl (C=O) groups is 1. The van der Waals surface area contributed by atoms with E-state index in [1.165, 1.54) is 11.0 Å². The highest BCUT2D eigenvalue weighted by atomic mass is 35.5. The molecule has 0 radical (unpaired) electrons. The number of rotatable bonds is 1. The van der Waals surface area contributed by atoms with Crippen LogP contribution in [0.5, 0.6) is 0 Å². The summed E-state index contributed by atoms with van der Waals surface area (Å²) in [4.78, 5) is 13.8. The maximum absolute atomic E-state index is 12.9. The molecule has 1 amide bonds. The number of nitrogens with one attached hydrogen (secondary N) is 1. The molecule has 23 heavy (non-hydrogen) atoms. The summed E-state index contributed by atoms with van der Waals surface area (Å²) < 4.78 is 38.6. The molecule has 3 N–H and O–H groups in total. The van der Waals surface area contributed by atoms with Crippen LogP contribution < -0.4 is 5.73 Å². The van der Waals surface area contributed by atoms with Gasteiger partial charge in [0.1, 0.15) is 0 Å². The van der Waals surface area contributed by atoms with Crippen LogP contribution in [0.1, 0.15) is 29.3 Å². The average Bonchev–Trinajstić information content (AvgIpc) is 2.45. The quantitative estimate of drug-likeness (QED) is 0.818. The van der Waals surface area contributed by atoms with Crippen molar-refractivity contribution in [3.8, 4) is 0 Å². The van der Waals surface area contributed by atoms with Crippen molar-refractivity contribution in [2.45, 2.75) is 19.5 Å². The van der Waals surface area contributed by atoms with Gasteiger partial charge in [0, 0.05) is 12.2 Å². The van der Waals surface area contributed by atoms with E-state index in [1.54, 1.807) is 6.92 Å². The Kier molecular flexibility index (Phi) is 4.70. The highest BCUT2D eigenvalue weighted by molar-refractivity contribution is 6.34. The summed E-state index contributed by atoms with van der Waals surface area (Å²) in [5.41, 5.74) is 5.78. The Balaban J connectivity index is 2.30. The number of hydrogen-bond donors (Lipinski definition) is 2. The molecule has 1 aliphatic heterocycles. The van der Waals surface area contributed by atoms with E-state index < -0.39 is 22.7 Å². The second-order valence-electron chi connectivity index (χ2n) is 5.28. The number of piperidine rings is 1. The van der Waals surface area contributed by atoms with E-state index in [4.69, 9.17) is 22.7 Å². The Hall–Kier alpha value is -2.02. The first kappa shape index (κ1) is 17.3. The molecule has 0 atom stereocenters. The van der Waals surface area contributed by atoms with Gasteiger partial charge in [0.2, 0.25) is 0 Å². The zero-order valence-electron chi connectivity index (χ0n) is 12.3. The molecule has 8 heteroatoms. The topological polar surface area (TPSA) is 70.2 Å². The van der Waals surface area contributed by atoms with Crippen LogP contribution in [0.4, 0.5) is 13.2 Å². The number of alkyl halides is 3. The van der Waals surface area contributed by atoms with Crippen LogP contribution in [-0.4, -0.2) is 29.6 Å². The first-order chi connectivity index (χ1) is 10.6. The first-order valence-corrected chi connectivity index (χ1v) is 7.18. The normalized spacial score (nSPS) is 18.1. The minimum atomic E-state index is -4.63. The standard InChI is InChI=1S/C15H15ClF3N3O/c1-8(20)9-5-6-22(7-12(9)21)14(23)10-3-2-4-11(13(10)16)15(17,18)19/h2-4,21H,5-7,20H2,1H3. The number of likely N-dealkylation sites (tertiary alicyclic amines) is 1. The second-order valence-corrected chi connectivity index (χ2v) is 5.66. The third-order valence-corrected chi connectivity index (χ3v) is 4.05. The molecule has 1 aromatic rings. The van der Waals surface area contributed by atoms with E-state index in [0.29, 0.717) is 17.7 Å². The maximum atomic E-state index is 12.9. The summed E-state index contributed by atoms with van der Waals surface area (Å²) in [6.07, 6.45) is -4.24. The number of nitrogens with two attached hydrogens (primary N) is 1.